The zero-order chi connectivity index (χ0) is 28.2. The third-order valence-corrected chi connectivity index (χ3v) is 6.26. The number of alkyl halides is 3. The molecule has 208 valence electrons. The number of aromatic hydroxyl groups is 1. The van der Waals surface area contributed by atoms with Gasteiger partial charge in [0.1, 0.15) is 30.0 Å². The van der Waals surface area contributed by atoms with Crippen LogP contribution in [0.4, 0.5) is 23.2 Å². The average Bonchev–Trinajstić information content (AvgIpc) is 2.90. The molecule has 1 aliphatic heterocycles. The van der Waals surface area contributed by atoms with Crippen molar-refractivity contribution in [3.63, 3.8) is 0 Å². The van der Waals surface area contributed by atoms with Crippen LogP contribution >= 0.6 is 0 Å². The molecule has 1 atom stereocenters. The lowest BCUT2D eigenvalue weighted by Crippen LogP contribution is -2.25. The van der Waals surface area contributed by atoms with Crippen LogP contribution in [0.15, 0.2) is 60.7 Å². The van der Waals surface area contributed by atoms with Crippen LogP contribution in [-0.2, 0) is 15.7 Å². The van der Waals surface area contributed by atoms with Crippen molar-refractivity contribution in [2.45, 2.75) is 32.4 Å². The molecule has 3 N–H and O–H groups in total. The van der Waals surface area contributed by atoms with E-state index in [1.165, 1.54) is 12.1 Å². The number of phenols is 1. The first-order valence-electron chi connectivity index (χ1n) is 12.4. The van der Waals surface area contributed by atoms with Crippen LogP contribution in [0.2, 0.25) is 0 Å². The van der Waals surface area contributed by atoms with E-state index in [4.69, 9.17) is 14.2 Å². The van der Waals surface area contributed by atoms with Gasteiger partial charge in [0.2, 0.25) is 0 Å². The normalized spacial score (nSPS) is 14.3. The first-order valence-corrected chi connectivity index (χ1v) is 12.4. The minimum atomic E-state index is -4.69. The van der Waals surface area contributed by atoms with Crippen molar-refractivity contribution in [1.82, 2.24) is 0 Å². The number of benzene rings is 3. The molecule has 0 unspecified atom stereocenters. The Balaban J connectivity index is 1.69. The second-order valence-electron chi connectivity index (χ2n) is 8.79. The number of rotatable bonds is 10. The number of fused-ring (bicyclic) bond motifs is 1. The number of aliphatic hydroxyl groups is 1. The lowest BCUT2D eigenvalue weighted by molar-refractivity contribution is -0.152. The van der Waals surface area contributed by atoms with Gasteiger partial charge in [0.15, 0.2) is 6.29 Å². The molecule has 0 fully saturated rings. The number of anilines is 1. The molecule has 0 radical (unpaired) electrons. The van der Waals surface area contributed by atoms with E-state index >= 15 is 4.39 Å². The SMILES string of the molecule is CCOC(COc1ccc([C@@H](O)C2=C(c3ccc(C(F)(F)F)cc3F)CNc3cc(O)ccc32)cc1)OCC. The van der Waals surface area contributed by atoms with E-state index in [0.717, 1.165) is 12.1 Å². The zero-order valence-electron chi connectivity index (χ0n) is 21.4. The van der Waals surface area contributed by atoms with Crippen LogP contribution in [0.1, 0.15) is 42.2 Å². The summed E-state index contributed by atoms with van der Waals surface area (Å²) in [5.74, 6) is -0.567. The highest BCUT2D eigenvalue weighted by molar-refractivity contribution is 6.00. The Morgan fingerprint density at radius 1 is 0.923 bits per heavy atom. The second kappa shape index (κ2) is 12.1. The number of ether oxygens (including phenoxy) is 3. The number of aliphatic hydroxyl groups excluding tert-OH is 1. The van der Waals surface area contributed by atoms with Crippen LogP contribution in [0.25, 0.3) is 11.1 Å². The Hall–Kier alpha value is -3.60. The topological polar surface area (TPSA) is 80.2 Å². The van der Waals surface area contributed by atoms with Gasteiger partial charge in [0, 0.05) is 42.6 Å². The molecule has 6 nitrogen and oxygen atoms in total. The Morgan fingerprint density at radius 3 is 2.21 bits per heavy atom. The van der Waals surface area contributed by atoms with Crippen LogP contribution < -0.4 is 10.1 Å². The Kier molecular flexibility index (Phi) is 8.79. The largest absolute Gasteiger partial charge is 0.508 e. The monoisotopic (exact) mass is 547 g/mol. The maximum absolute atomic E-state index is 15.0. The van der Waals surface area contributed by atoms with Crippen molar-refractivity contribution in [2.24, 2.45) is 0 Å². The average molecular weight is 548 g/mol. The maximum Gasteiger partial charge on any atom is 0.416 e. The molecule has 1 heterocycles. The predicted octanol–water partition coefficient (Wildman–Crippen LogP) is 6.40. The van der Waals surface area contributed by atoms with Gasteiger partial charge < -0.3 is 29.7 Å². The molecule has 0 spiro atoms. The van der Waals surface area contributed by atoms with Crippen molar-refractivity contribution < 1.29 is 42.0 Å². The van der Waals surface area contributed by atoms with E-state index in [0.29, 0.717) is 53.0 Å². The molecular weight excluding hydrogens is 518 g/mol. The quantitative estimate of drug-likeness (QED) is 0.201. The lowest BCUT2D eigenvalue weighted by Gasteiger charge is -2.29. The molecular formula is C29H29F4NO5. The molecule has 0 bridgehead atoms. The summed E-state index contributed by atoms with van der Waals surface area (Å²) in [5, 5.41) is 24.5. The molecule has 0 aliphatic carbocycles. The fourth-order valence-electron chi connectivity index (χ4n) is 4.44. The molecule has 39 heavy (non-hydrogen) atoms. The molecule has 0 amide bonds. The van der Waals surface area contributed by atoms with Gasteiger partial charge in [-0.3, -0.25) is 0 Å². The van der Waals surface area contributed by atoms with Gasteiger partial charge in [-0.25, -0.2) is 4.39 Å². The highest BCUT2D eigenvalue weighted by Crippen LogP contribution is 2.44. The van der Waals surface area contributed by atoms with E-state index in [1.807, 2.05) is 13.8 Å². The third-order valence-electron chi connectivity index (χ3n) is 6.26. The second-order valence-corrected chi connectivity index (χ2v) is 8.79. The summed E-state index contributed by atoms with van der Waals surface area (Å²) in [6.07, 6.45) is -6.49. The summed E-state index contributed by atoms with van der Waals surface area (Å²) in [6, 6.07) is 13.4. The van der Waals surface area contributed by atoms with Gasteiger partial charge >= 0.3 is 6.18 Å². The van der Waals surface area contributed by atoms with Crippen molar-refractivity contribution >= 4 is 16.8 Å². The number of hydrogen-bond donors (Lipinski definition) is 3. The highest BCUT2D eigenvalue weighted by Gasteiger charge is 2.33. The molecule has 0 saturated carbocycles. The zero-order valence-corrected chi connectivity index (χ0v) is 21.4. The Morgan fingerprint density at radius 2 is 1.59 bits per heavy atom. The van der Waals surface area contributed by atoms with Crippen molar-refractivity contribution in [1.29, 1.82) is 0 Å². The smallest absolute Gasteiger partial charge is 0.416 e. The van der Waals surface area contributed by atoms with Gasteiger partial charge in [0.05, 0.1) is 5.56 Å². The van der Waals surface area contributed by atoms with Gasteiger partial charge in [-0.05, 0) is 67.0 Å². The lowest BCUT2D eigenvalue weighted by atomic mass is 9.84. The molecule has 4 rings (SSSR count). The number of halogens is 4. The van der Waals surface area contributed by atoms with E-state index in [2.05, 4.69) is 5.32 Å². The van der Waals surface area contributed by atoms with Crippen molar-refractivity contribution in [3.8, 4) is 11.5 Å². The van der Waals surface area contributed by atoms with Crippen LogP contribution in [0.3, 0.4) is 0 Å². The first kappa shape index (κ1) is 28.4. The van der Waals surface area contributed by atoms with E-state index < -0.39 is 30.0 Å². The molecule has 0 saturated heterocycles. The van der Waals surface area contributed by atoms with Crippen molar-refractivity contribution in [2.75, 3.05) is 31.7 Å². The van der Waals surface area contributed by atoms with Gasteiger partial charge in [-0.1, -0.05) is 18.2 Å². The summed E-state index contributed by atoms with van der Waals surface area (Å²) in [7, 11) is 0. The van der Waals surface area contributed by atoms with Gasteiger partial charge in [-0.2, -0.15) is 13.2 Å². The van der Waals surface area contributed by atoms with Crippen LogP contribution in [0, 0.1) is 5.82 Å². The fraction of sp³-hybridized carbons (Fsp3) is 0.310. The fourth-order valence-corrected chi connectivity index (χ4v) is 4.44. The molecule has 1 aliphatic rings. The molecule has 0 aromatic heterocycles. The maximum atomic E-state index is 15.0. The molecule has 10 heteroatoms. The van der Waals surface area contributed by atoms with E-state index in [1.54, 1.807) is 30.3 Å². The Bertz CT molecular complexity index is 1320. The van der Waals surface area contributed by atoms with Crippen LogP contribution in [0.5, 0.6) is 11.5 Å². The van der Waals surface area contributed by atoms with Gasteiger partial charge in [-0.15, -0.1) is 0 Å². The molecule has 3 aromatic rings. The number of phenolic OH excluding ortho intramolecular Hbond substituents is 1. The summed E-state index contributed by atoms with van der Waals surface area (Å²) in [4.78, 5) is 0. The highest BCUT2D eigenvalue weighted by atomic mass is 19.4. The van der Waals surface area contributed by atoms with E-state index in [-0.39, 0.29) is 24.5 Å². The van der Waals surface area contributed by atoms with Crippen molar-refractivity contribution in [3.05, 3.63) is 88.7 Å². The first-order chi connectivity index (χ1) is 18.6. The minimum Gasteiger partial charge on any atom is -0.508 e. The van der Waals surface area contributed by atoms with Crippen LogP contribution in [-0.4, -0.2) is 42.9 Å². The van der Waals surface area contributed by atoms with E-state index in [9.17, 15) is 23.4 Å². The summed E-state index contributed by atoms with van der Waals surface area (Å²) in [5.41, 5.74) is 0.866. The molecule has 3 aromatic carbocycles. The number of nitrogens with one attached hydrogen (secondary N) is 1. The summed E-state index contributed by atoms with van der Waals surface area (Å²) >= 11 is 0. The third kappa shape index (κ3) is 6.52. The number of hydrogen-bond acceptors (Lipinski definition) is 6. The summed E-state index contributed by atoms with van der Waals surface area (Å²) < 4.78 is 71.1. The van der Waals surface area contributed by atoms with Gasteiger partial charge in [0.25, 0.3) is 0 Å². The Labute approximate surface area is 223 Å². The standard InChI is InChI=1S/C29H29F4NO5/c1-3-37-26(38-4-2)16-39-20-9-5-17(6-10-20)28(36)27-22-12-8-19(35)14-25(22)34-15-23(27)21-11-7-18(13-24(21)30)29(31,32)33/h5-14,26,28,34-36H,3-4,15-16H2,1-2H3/t28-/m1/s1. The summed E-state index contributed by atoms with van der Waals surface area (Å²) in [6.45, 7) is 4.80. The minimum absolute atomic E-state index is 0.0156. The predicted molar refractivity (Wildman–Crippen MR) is 139 cm³/mol.